The SMILES string of the molecule is O=c1c(C=NNc2ccc3ccccc3c2)c(Sc2nnnn2-c2ccccc2)nc2ccccn12. The number of aromatic nitrogens is 6. The van der Waals surface area contributed by atoms with Crippen LogP contribution in [0.2, 0.25) is 0 Å². The molecular formula is C26H18N8OS. The maximum atomic E-state index is 13.4. The lowest BCUT2D eigenvalue weighted by Gasteiger charge is -2.08. The van der Waals surface area contributed by atoms with Gasteiger partial charge in [0.05, 0.1) is 23.2 Å². The van der Waals surface area contributed by atoms with Gasteiger partial charge in [0.25, 0.3) is 5.56 Å². The van der Waals surface area contributed by atoms with E-state index in [1.165, 1.54) is 22.4 Å². The van der Waals surface area contributed by atoms with E-state index < -0.39 is 0 Å². The number of nitrogens with zero attached hydrogens (tertiary/aromatic N) is 7. The number of nitrogens with one attached hydrogen (secondary N) is 1. The number of hydrogen-bond acceptors (Lipinski definition) is 8. The average Bonchev–Trinajstić information content (AvgIpc) is 3.39. The fraction of sp³-hybridized carbons (Fsp3) is 0. The molecule has 1 N–H and O–H groups in total. The molecule has 3 heterocycles. The van der Waals surface area contributed by atoms with Gasteiger partial charge in [0, 0.05) is 6.20 Å². The van der Waals surface area contributed by atoms with E-state index in [1.807, 2.05) is 72.8 Å². The highest BCUT2D eigenvalue weighted by molar-refractivity contribution is 7.99. The number of benzene rings is 3. The zero-order chi connectivity index (χ0) is 24.3. The summed E-state index contributed by atoms with van der Waals surface area (Å²) >= 11 is 1.20. The van der Waals surface area contributed by atoms with Crippen molar-refractivity contribution in [3.05, 3.63) is 113 Å². The van der Waals surface area contributed by atoms with Crippen LogP contribution in [0, 0.1) is 0 Å². The molecule has 0 saturated heterocycles. The second-order valence-corrected chi connectivity index (χ2v) is 8.76. The molecule has 0 radical (unpaired) electrons. The Hall–Kier alpha value is -4.83. The lowest BCUT2D eigenvalue weighted by atomic mass is 10.1. The van der Waals surface area contributed by atoms with Gasteiger partial charge in [-0.2, -0.15) is 9.78 Å². The van der Waals surface area contributed by atoms with Gasteiger partial charge in [-0.25, -0.2) is 4.98 Å². The summed E-state index contributed by atoms with van der Waals surface area (Å²) in [6.45, 7) is 0. The average molecular weight is 491 g/mol. The van der Waals surface area contributed by atoms with Crippen LogP contribution in [0.25, 0.3) is 22.1 Å². The maximum Gasteiger partial charge on any atom is 0.267 e. The number of anilines is 1. The quantitative estimate of drug-likeness (QED) is 0.209. The van der Waals surface area contributed by atoms with Crippen LogP contribution in [0.5, 0.6) is 0 Å². The predicted molar refractivity (Wildman–Crippen MR) is 140 cm³/mol. The van der Waals surface area contributed by atoms with Crippen LogP contribution in [-0.4, -0.2) is 35.8 Å². The second kappa shape index (κ2) is 9.43. The van der Waals surface area contributed by atoms with Crippen molar-refractivity contribution >= 4 is 40.1 Å². The second-order valence-electron chi connectivity index (χ2n) is 7.81. The largest absolute Gasteiger partial charge is 0.278 e. The van der Waals surface area contributed by atoms with Crippen LogP contribution in [0.3, 0.4) is 0 Å². The van der Waals surface area contributed by atoms with E-state index >= 15 is 0 Å². The normalized spacial score (nSPS) is 11.4. The van der Waals surface area contributed by atoms with Crippen LogP contribution < -0.4 is 11.0 Å². The summed E-state index contributed by atoms with van der Waals surface area (Å²) in [6.07, 6.45) is 3.17. The lowest BCUT2D eigenvalue weighted by Crippen LogP contribution is -2.21. The van der Waals surface area contributed by atoms with Crippen molar-refractivity contribution in [3.8, 4) is 5.69 Å². The summed E-state index contributed by atoms with van der Waals surface area (Å²) in [6, 6.07) is 29.0. The Morgan fingerprint density at radius 3 is 2.58 bits per heavy atom. The summed E-state index contributed by atoms with van der Waals surface area (Å²) in [5.74, 6) is 0. The molecule has 0 fully saturated rings. The first-order chi connectivity index (χ1) is 17.8. The van der Waals surface area contributed by atoms with Crippen molar-refractivity contribution in [1.82, 2.24) is 29.6 Å². The third-order valence-corrected chi connectivity index (χ3v) is 6.44. The van der Waals surface area contributed by atoms with Crippen LogP contribution in [0.15, 0.2) is 117 Å². The summed E-state index contributed by atoms with van der Waals surface area (Å²) in [7, 11) is 0. The summed E-state index contributed by atoms with van der Waals surface area (Å²) in [5, 5.41) is 19.6. The number of rotatable bonds is 6. The van der Waals surface area contributed by atoms with E-state index in [0.29, 0.717) is 21.4 Å². The molecule has 174 valence electrons. The molecule has 0 amide bonds. The number of fused-ring (bicyclic) bond motifs is 2. The predicted octanol–water partition coefficient (Wildman–Crippen LogP) is 4.42. The zero-order valence-electron chi connectivity index (χ0n) is 18.8. The van der Waals surface area contributed by atoms with Gasteiger partial charge in [-0.05, 0) is 69.4 Å². The first-order valence-corrected chi connectivity index (χ1v) is 11.9. The Kier molecular flexibility index (Phi) is 5.68. The van der Waals surface area contributed by atoms with Crippen molar-refractivity contribution in [1.29, 1.82) is 0 Å². The molecule has 0 atom stereocenters. The topological polar surface area (TPSA) is 102 Å². The Bertz CT molecular complexity index is 1780. The van der Waals surface area contributed by atoms with Gasteiger partial charge >= 0.3 is 0 Å². The zero-order valence-corrected chi connectivity index (χ0v) is 19.6. The molecule has 0 saturated carbocycles. The van der Waals surface area contributed by atoms with Crippen LogP contribution in [0.1, 0.15) is 5.56 Å². The summed E-state index contributed by atoms with van der Waals surface area (Å²) < 4.78 is 3.09. The van der Waals surface area contributed by atoms with Gasteiger partial charge in [0.2, 0.25) is 5.16 Å². The number of para-hydroxylation sites is 1. The van der Waals surface area contributed by atoms with E-state index in [2.05, 4.69) is 32.1 Å². The molecule has 0 aliphatic rings. The Morgan fingerprint density at radius 2 is 1.69 bits per heavy atom. The number of hydrogen-bond donors (Lipinski definition) is 1. The minimum Gasteiger partial charge on any atom is -0.278 e. The number of pyridine rings is 1. The Labute approximate surface area is 209 Å². The van der Waals surface area contributed by atoms with Crippen molar-refractivity contribution in [3.63, 3.8) is 0 Å². The van der Waals surface area contributed by atoms with Crippen molar-refractivity contribution in [2.75, 3.05) is 5.43 Å². The summed E-state index contributed by atoms with van der Waals surface area (Å²) in [5.41, 5.74) is 5.22. The first kappa shape index (κ1) is 21.7. The highest BCUT2D eigenvalue weighted by atomic mass is 32.2. The van der Waals surface area contributed by atoms with E-state index in [9.17, 15) is 4.79 Å². The summed E-state index contributed by atoms with van der Waals surface area (Å²) in [4.78, 5) is 18.1. The van der Waals surface area contributed by atoms with Gasteiger partial charge in [-0.3, -0.25) is 14.6 Å². The van der Waals surface area contributed by atoms with Gasteiger partial charge in [-0.1, -0.05) is 54.6 Å². The fourth-order valence-electron chi connectivity index (χ4n) is 3.76. The smallest absolute Gasteiger partial charge is 0.267 e. The molecule has 6 aromatic rings. The van der Waals surface area contributed by atoms with Gasteiger partial charge in [-0.15, -0.1) is 5.10 Å². The van der Waals surface area contributed by atoms with Crippen LogP contribution >= 0.6 is 11.8 Å². The Balaban J connectivity index is 1.38. The molecule has 3 aromatic carbocycles. The molecule has 3 aromatic heterocycles. The van der Waals surface area contributed by atoms with E-state index in [4.69, 9.17) is 4.98 Å². The minimum absolute atomic E-state index is 0.245. The molecule has 9 nitrogen and oxygen atoms in total. The van der Waals surface area contributed by atoms with Crippen molar-refractivity contribution < 1.29 is 0 Å². The lowest BCUT2D eigenvalue weighted by molar-refractivity contribution is 0.755. The number of hydrazone groups is 1. The monoisotopic (exact) mass is 490 g/mol. The molecule has 0 unspecified atom stereocenters. The third kappa shape index (κ3) is 4.21. The molecule has 0 bridgehead atoms. The van der Waals surface area contributed by atoms with E-state index in [0.717, 1.165) is 22.1 Å². The van der Waals surface area contributed by atoms with Gasteiger partial charge < -0.3 is 0 Å². The molecule has 0 aliphatic carbocycles. The Morgan fingerprint density at radius 1 is 0.889 bits per heavy atom. The molecule has 6 rings (SSSR count). The molecule has 36 heavy (non-hydrogen) atoms. The van der Waals surface area contributed by atoms with Crippen molar-refractivity contribution in [2.24, 2.45) is 5.10 Å². The van der Waals surface area contributed by atoms with E-state index in [1.54, 1.807) is 23.0 Å². The van der Waals surface area contributed by atoms with Gasteiger partial charge in [0.15, 0.2) is 0 Å². The maximum absolute atomic E-state index is 13.4. The van der Waals surface area contributed by atoms with Crippen LogP contribution in [-0.2, 0) is 0 Å². The van der Waals surface area contributed by atoms with E-state index in [-0.39, 0.29) is 5.56 Å². The van der Waals surface area contributed by atoms with Crippen molar-refractivity contribution in [2.45, 2.75) is 10.2 Å². The minimum atomic E-state index is -0.245. The number of tetrazole rings is 1. The first-order valence-electron chi connectivity index (χ1n) is 11.1. The highest BCUT2D eigenvalue weighted by Gasteiger charge is 2.17. The molecule has 10 heteroatoms. The standard InChI is InChI=1S/C26H18N8OS/c35-25-22(17-27-29-20-14-13-18-8-4-5-9-19(18)16-20)24(28-23-12-6-7-15-33(23)25)36-26-30-31-32-34(26)21-10-2-1-3-11-21/h1-17,29H. The molecular weight excluding hydrogens is 472 g/mol. The molecule has 0 aliphatic heterocycles. The third-order valence-electron chi connectivity index (χ3n) is 5.50. The van der Waals surface area contributed by atoms with Crippen LogP contribution in [0.4, 0.5) is 5.69 Å². The molecule has 0 spiro atoms. The fourth-order valence-corrected chi connectivity index (χ4v) is 4.63. The van der Waals surface area contributed by atoms with Gasteiger partial charge in [0.1, 0.15) is 10.7 Å². The highest BCUT2D eigenvalue weighted by Crippen LogP contribution is 2.27.